The Morgan fingerprint density at radius 3 is 2.20 bits per heavy atom. The molecule has 0 spiro atoms. The lowest BCUT2D eigenvalue weighted by molar-refractivity contribution is 0.196. The number of hydrogen-bond acceptors (Lipinski definition) is 1. The van der Waals surface area contributed by atoms with Crippen molar-refractivity contribution in [3.8, 4) is 0 Å². The topological polar surface area (TPSA) is 51.4 Å². The molecule has 0 aliphatic carbocycles. The molecule has 0 atom stereocenters. The predicted octanol–water partition coefficient (Wildman–Crippen LogP) is -0.101. The molecule has 0 aromatic carbocycles. The highest BCUT2D eigenvalue weighted by molar-refractivity contribution is 5.63. The van der Waals surface area contributed by atoms with Gasteiger partial charge in [-0.15, -0.1) is 0 Å². The third-order valence-corrected chi connectivity index (χ3v) is 0.191. The second-order valence-electron chi connectivity index (χ2n) is 0.506. The van der Waals surface area contributed by atoms with Gasteiger partial charge in [0.15, 0.2) is 0 Å². The molecule has 0 saturated carbocycles. The van der Waals surface area contributed by atoms with Gasteiger partial charge in [-0.2, -0.15) is 0 Å². The van der Waals surface area contributed by atoms with Crippen LogP contribution in [0, 0.1) is 0 Å². The Morgan fingerprint density at radius 1 is 2.00 bits per heavy atom. The molecule has 0 aromatic heterocycles. The summed E-state index contributed by atoms with van der Waals surface area (Å²) in [7, 11) is 1.22. The van der Waals surface area contributed by atoms with Crippen molar-refractivity contribution in [3.05, 3.63) is 0 Å². The van der Waals surface area contributed by atoms with Crippen LogP contribution in [0.25, 0.3) is 0 Å². The van der Waals surface area contributed by atoms with Crippen molar-refractivity contribution in [3.63, 3.8) is 0 Å². The average molecular weight is 74.1 g/mol. The molecule has 1 amide bonds. The van der Waals surface area contributed by atoms with Gasteiger partial charge in [0.2, 0.25) is 0 Å². The van der Waals surface area contributed by atoms with Gasteiger partial charge >= 0.3 is 6.09 Å². The monoisotopic (exact) mass is 74.0 g/mol. The van der Waals surface area contributed by atoms with E-state index in [4.69, 9.17) is 5.11 Å². The molecule has 0 aliphatic heterocycles. The smallest absolute Gasteiger partial charge is 0.426 e. The van der Waals surface area contributed by atoms with Gasteiger partial charge in [0, 0.05) is 7.05 Å². The van der Waals surface area contributed by atoms with E-state index in [9.17, 15) is 4.79 Å². The highest BCUT2D eigenvalue weighted by atomic mass is 16.4. The van der Waals surface area contributed by atoms with Crippen molar-refractivity contribution in [2.24, 2.45) is 0 Å². The molecule has 0 fully saturated rings. The van der Waals surface area contributed by atoms with Gasteiger partial charge in [0.25, 0.3) is 0 Å². The Bertz CT molecular complexity index is 42.9. The minimum atomic E-state index is -1.12. The second-order valence-corrected chi connectivity index (χ2v) is 0.506. The zero-order valence-corrected chi connectivity index (χ0v) is 2.80. The van der Waals surface area contributed by atoms with E-state index in [1.165, 1.54) is 7.05 Å². The Balaban J connectivity index is 2.85. The van der Waals surface area contributed by atoms with Gasteiger partial charge in [-0.25, -0.2) is 10.1 Å². The van der Waals surface area contributed by atoms with Gasteiger partial charge in [0.1, 0.15) is 0 Å². The first-order valence-corrected chi connectivity index (χ1v) is 1.10. The van der Waals surface area contributed by atoms with Crippen molar-refractivity contribution in [2.45, 2.75) is 0 Å². The lowest BCUT2D eigenvalue weighted by atomic mass is 11.1. The summed E-state index contributed by atoms with van der Waals surface area (Å²) in [6.07, 6.45) is -1.12. The third kappa shape index (κ3) is 3.27. The zero-order chi connectivity index (χ0) is 4.28. The summed E-state index contributed by atoms with van der Waals surface area (Å²) in [4.78, 5) is 9.20. The van der Waals surface area contributed by atoms with Gasteiger partial charge in [-0.05, 0) is 0 Å². The molecule has 0 saturated heterocycles. The molecule has 3 heteroatoms. The van der Waals surface area contributed by atoms with Crippen LogP contribution >= 0.6 is 0 Å². The van der Waals surface area contributed by atoms with Crippen molar-refractivity contribution < 1.29 is 9.90 Å². The van der Waals surface area contributed by atoms with Crippen LogP contribution in [-0.2, 0) is 0 Å². The van der Waals surface area contributed by atoms with Crippen LogP contribution in [0.5, 0.6) is 0 Å². The minimum Gasteiger partial charge on any atom is -0.464 e. The summed E-state index contributed by atoms with van der Waals surface area (Å²) in [5.74, 6) is 0. The maximum Gasteiger partial charge on any atom is 0.426 e. The number of rotatable bonds is 0. The van der Waals surface area contributed by atoms with E-state index < -0.39 is 6.09 Å². The van der Waals surface area contributed by atoms with E-state index in [0.29, 0.717) is 0 Å². The number of hydrogen-bond donors (Lipinski definition) is 1. The van der Waals surface area contributed by atoms with Crippen LogP contribution in [0.15, 0.2) is 0 Å². The normalized spacial score (nSPS) is 6.60. The Hall–Kier alpha value is -0.730. The largest absolute Gasteiger partial charge is 0.464 e. The number of carboxylic acid groups (broad SMARTS) is 1. The molecule has 0 unspecified atom stereocenters. The standard InChI is InChI=1S/C2H4NO2/c1-3-2(4)5/h1H3,(H,4,5). The van der Waals surface area contributed by atoms with Crippen LogP contribution in [0.2, 0.25) is 0 Å². The second kappa shape index (κ2) is 1.58. The van der Waals surface area contributed by atoms with Gasteiger partial charge in [-0.1, -0.05) is 0 Å². The molecule has 0 rings (SSSR count). The fourth-order valence-electron chi connectivity index (χ4n) is 0. The molecule has 1 N–H and O–H groups in total. The summed E-state index contributed by atoms with van der Waals surface area (Å²) in [5.41, 5.74) is 0. The van der Waals surface area contributed by atoms with Gasteiger partial charge in [-0.3, -0.25) is 0 Å². The summed E-state index contributed by atoms with van der Waals surface area (Å²) in [6.45, 7) is 0. The van der Waals surface area contributed by atoms with Crippen molar-refractivity contribution in [2.75, 3.05) is 7.05 Å². The molecular formula is C2H4NO2. The molecule has 0 heterocycles. The van der Waals surface area contributed by atoms with E-state index in [0.717, 1.165) is 0 Å². The molecule has 0 bridgehead atoms. The third-order valence-electron chi connectivity index (χ3n) is 0.191. The molecular weight excluding hydrogens is 70.0 g/mol. The summed E-state index contributed by atoms with van der Waals surface area (Å²) in [6, 6.07) is 0. The van der Waals surface area contributed by atoms with Gasteiger partial charge < -0.3 is 5.11 Å². The Labute approximate surface area is 29.6 Å². The maximum absolute atomic E-state index is 9.20. The molecule has 1 radical (unpaired) electrons. The van der Waals surface area contributed by atoms with E-state index in [-0.39, 0.29) is 0 Å². The first kappa shape index (κ1) is 4.27. The van der Waals surface area contributed by atoms with Gasteiger partial charge in [0.05, 0.1) is 0 Å². The molecule has 0 aromatic rings. The summed E-state index contributed by atoms with van der Waals surface area (Å²) in [5, 5.41) is 10.4. The Morgan fingerprint density at radius 2 is 2.20 bits per heavy atom. The first-order valence-electron chi connectivity index (χ1n) is 1.10. The summed E-state index contributed by atoms with van der Waals surface area (Å²) < 4.78 is 0. The number of carbonyl (C=O) groups is 1. The maximum atomic E-state index is 9.20. The van der Waals surface area contributed by atoms with E-state index in [1.807, 2.05) is 0 Å². The lowest BCUT2D eigenvalue weighted by Gasteiger charge is -1.74. The Kier molecular flexibility index (Phi) is 1.35. The highest BCUT2D eigenvalue weighted by Gasteiger charge is 1.80. The van der Waals surface area contributed by atoms with Crippen molar-refractivity contribution >= 4 is 6.09 Å². The first-order chi connectivity index (χ1) is 2.27. The zero-order valence-electron chi connectivity index (χ0n) is 2.80. The van der Waals surface area contributed by atoms with Crippen molar-refractivity contribution in [1.82, 2.24) is 5.32 Å². The molecule has 29 valence electrons. The number of amides is 1. The molecule has 0 aliphatic rings. The average Bonchev–Trinajstić information content (AvgIpc) is 1.38. The van der Waals surface area contributed by atoms with Crippen LogP contribution in [0.4, 0.5) is 4.79 Å². The fraction of sp³-hybridized carbons (Fsp3) is 0.500. The quantitative estimate of drug-likeness (QED) is 0.436. The SMILES string of the molecule is C[N]C(=O)O. The lowest BCUT2D eigenvalue weighted by Crippen LogP contribution is -2.04. The predicted molar refractivity (Wildman–Crippen MR) is 16.1 cm³/mol. The van der Waals surface area contributed by atoms with Crippen LogP contribution in [-0.4, -0.2) is 18.2 Å². The van der Waals surface area contributed by atoms with Crippen LogP contribution < -0.4 is 5.32 Å². The van der Waals surface area contributed by atoms with Crippen LogP contribution in [0.3, 0.4) is 0 Å². The van der Waals surface area contributed by atoms with E-state index in [1.54, 1.807) is 0 Å². The van der Waals surface area contributed by atoms with Crippen molar-refractivity contribution in [1.29, 1.82) is 0 Å². The minimum absolute atomic E-state index is 1.12. The summed E-state index contributed by atoms with van der Waals surface area (Å²) >= 11 is 0. The highest BCUT2D eigenvalue weighted by Crippen LogP contribution is 1.50. The molecule has 3 nitrogen and oxygen atoms in total. The van der Waals surface area contributed by atoms with E-state index >= 15 is 0 Å². The van der Waals surface area contributed by atoms with Crippen LogP contribution in [0.1, 0.15) is 0 Å². The fourth-order valence-corrected chi connectivity index (χ4v) is 0. The van der Waals surface area contributed by atoms with E-state index in [2.05, 4.69) is 5.32 Å². The molecule has 5 heavy (non-hydrogen) atoms. The number of nitrogens with zero attached hydrogens (tertiary/aromatic N) is 1.